The monoisotopic (exact) mass is 421 g/mol. The van der Waals surface area contributed by atoms with E-state index in [1.54, 1.807) is 19.9 Å². The molecule has 0 bridgehead atoms. The zero-order chi connectivity index (χ0) is 21.0. The number of amides is 1. The standard InChI is InChI=1S/C19H23N3O6S/c1-13-6-7-15(29(25,26)22-8-4-3-5-9-22)11-16(13)19(24)27-12-18(23)20-17-10-14(2)28-21-17/h6-7,10-11H,3-5,8-9,12H2,1-2H3,(H,20,21,23). The fraction of sp³-hybridized carbons (Fsp3) is 0.421. The molecule has 1 N–H and O–H groups in total. The van der Waals surface area contributed by atoms with Crippen LogP contribution in [0.3, 0.4) is 0 Å². The van der Waals surface area contributed by atoms with Gasteiger partial charge in [0.2, 0.25) is 10.0 Å². The first kappa shape index (κ1) is 21.0. The maximum Gasteiger partial charge on any atom is 0.338 e. The lowest BCUT2D eigenvalue weighted by molar-refractivity contribution is -0.119. The van der Waals surface area contributed by atoms with Gasteiger partial charge in [-0.1, -0.05) is 17.6 Å². The van der Waals surface area contributed by atoms with Crippen molar-refractivity contribution in [3.8, 4) is 0 Å². The smallest absolute Gasteiger partial charge is 0.338 e. The molecule has 0 unspecified atom stereocenters. The lowest BCUT2D eigenvalue weighted by Gasteiger charge is -2.26. The maximum absolute atomic E-state index is 12.8. The second-order valence-electron chi connectivity index (χ2n) is 6.89. The third kappa shape index (κ3) is 5.01. The number of hydrogen-bond donors (Lipinski definition) is 1. The average molecular weight is 421 g/mol. The van der Waals surface area contributed by atoms with Gasteiger partial charge in [-0.15, -0.1) is 0 Å². The van der Waals surface area contributed by atoms with Crippen LogP contribution in [0.4, 0.5) is 5.82 Å². The predicted octanol–water partition coefficient (Wildman–Crippen LogP) is 2.26. The highest BCUT2D eigenvalue weighted by molar-refractivity contribution is 7.89. The summed E-state index contributed by atoms with van der Waals surface area (Å²) >= 11 is 0. The first-order valence-electron chi connectivity index (χ1n) is 9.28. The largest absolute Gasteiger partial charge is 0.452 e. The highest BCUT2D eigenvalue weighted by Crippen LogP contribution is 2.23. The van der Waals surface area contributed by atoms with E-state index in [2.05, 4.69) is 10.5 Å². The Kier molecular flexibility index (Phi) is 6.33. The van der Waals surface area contributed by atoms with Gasteiger partial charge in [0.25, 0.3) is 5.91 Å². The van der Waals surface area contributed by atoms with Crippen molar-refractivity contribution in [2.45, 2.75) is 38.0 Å². The third-order valence-electron chi connectivity index (χ3n) is 4.61. The summed E-state index contributed by atoms with van der Waals surface area (Å²) in [7, 11) is -3.68. The Morgan fingerprint density at radius 1 is 1.17 bits per heavy atom. The minimum Gasteiger partial charge on any atom is -0.452 e. The molecule has 1 aromatic carbocycles. The van der Waals surface area contributed by atoms with Crippen molar-refractivity contribution in [2.75, 3.05) is 25.0 Å². The summed E-state index contributed by atoms with van der Waals surface area (Å²) < 4.78 is 37.0. The van der Waals surface area contributed by atoms with Gasteiger partial charge in [-0.25, -0.2) is 13.2 Å². The number of aromatic nitrogens is 1. The fourth-order valence-corrected chi connectivity index (χ4v) is 4.59. The quantitative estimate of drug-likeness (QED) is 0.711. The normalized spacial score (nSPS) is 15.1. The van der Waals surface area contributed by atoms with Crippen molar-refractivity contribution >= 4 is 27.7 Å². The number of nitrogens with zero attached hydrogens (tertiary/aromatic N) is 2. The molecule has 29 heavy (non-hydrogen) atoms. The molecule has 1 aliphatic heterocycles. The van der Waals surface area contributed by atoms with E-state index < -0.39 is 28.5 Å². The SMILES string of the molecule is Cc1cc(NC(=O)COC(=O)c2cc(S(=O)(=O)N3CCCCC3)ccc2C)no1. The van der Waals surface area contributed by atoms with Gasteiger partial charge in [-0.2, -0.15) is 4.31 Å². The van der Waals surface area contributed by atoms with Crippen LogP contribution in [0.1, 0.15) is 40.9 Å². The lowest BCUT2D eigenvalue weighted by atomic mass is 10.1. The Bertz CT molecular complexity index is 1010. The van der Waals surface area contributed by atoms with E-state index in [9.17, 15) is 18.0 Å². The number of ether oxygens (including phenoxy) is 1. The molecule has 0 atom stereocenters. The molecule has 1 saturated heterocycles. The van der Waals surface area contributed by atoms with Crippen molar-refractivity contribution in [3.05, 3.63) is 41.2 Å². The molecule has 1 fully saturated rings. The average Bonchev–Trinajstić information content (AvgIpc) is 3.11. The summed E-state index contributed by atoms with van der Waals surface area (Å²) in [6, 6.07) is 5.88. The Hall–Kier alpha value is -2.72. The summed E-state index contributed by atoms with van der Waals surface area (Å²) in [5.74, 6) is -0.611. The van der Waals surface area contributed by atoms with Crippen molar-refractivity contribution in [1.29, 1.82) is 0 Å². The minimum atomic E-state index is -3.68. The van der Waals surface area contributed by atoms with E-state index >= 15 is 0 Å². The number of carbonyl (C=O) groups is 2. The summed E-state index contributed by atoms with van der Waals surface area (Å²) in [6.45, 7) is 3.76. The molecule has 1 amide bonds. The number of sulfonamides is 1. The topological polar surface area (TPSA) is 119 Å². The molecule has 156 valence electrons. The van der Waals surface area contributed by atoms with Crippen LogP contribution in [0.5, 0.6) is 0 Å². The number of benzene rings is 1. The molecule has 0 radical (unpaired) electrons. The van der Waals surface area contributed by atoms with Crippen LogP contribution in [0.2, 0.25) is 0 Å². The van der Waals surface area contributed by atoms with Gasteiger partial charge in [0.15, 0.2) is 12.4 Å². The van der Waals surface area contributed by atoms with Crippen molar-refractivity contribution < 1.29 is 27.3 Å². The molecule has 0 spiro atoms. The van der Waals surface area contributed by atoms with E-state index in [4.69, 9.17) is 9.26 Å². The summed E-state index contributed by atoms with van der Waals surface area (Å²) in [4.78, 5) is 24.4. The van der Waals surface area contributed by atoms with Crippen LogP contribution >= 0.6 is 0 Å². The van der Waals surface area contributed by atoms with Gasteiger partial charge in [0.1, 0.15) is 5.76 Å². The molecule has 3 rings (SSSR count). The number of esters is 1. The highest BCUT2D eigenvalue weighted by Gasteiger charge is 2.27. The Morgan fingerprint density at radius 2 is 1.90 bits per heavy atom. The van der Waals surface area contributed by atoms with E-state index in [0.29, 0.717) is 24.4 Å². The minimum absolute atomic E-state index is 0.0412. The molecule has 9 nitrogen and oxygen atoms in total. The van der Waals surface area contributed by atoms with Gasteiger partial charge in [-0.05, 0) is 44.4 Å². The predicted molar refractivity (Wildman–Crippen MR) is 104 cm³/mol. The van der Waals surface area contributed by atoms with Gasteiger partial charge in [-0.3, -0.25) is 4.79 Å². The Labute approximate surface area is 169 Å². The van der Waals surface area contributed by atoms with Crippen LogP contribution in [-0.4, -0.2) is 49.5 Å². The molecular formula is C19H23N3O6S. The van der Waals surface area contributed by atoms with E-state index in [1.807, 2.05) is 0 Å². The number of carbonyl (C=O) groups excluding carboxylic acids is 2. The molecule has 0 aliphatic carbocycles. The Balaban J connectivity index is 1.68. The molecular weight excluding hydrogens is 398 g/mol. The zero-order valence-corrected chi connectivity index (χ0v) is 17.1. The number of aryl methyl sites for hydroxylation is 2. The highest BCUT2D eigenvalue weighted by atomic mass is 32.2. The lowest BCUT2D eigenvalue weighted by Crippen LogP contribution is -2.35. The van der Waals surface area contributed by atoms with Crippen molar-refractivity contribution in [1.82, 2.24) is 9.46 Å². The van der Waals surface area contributed by atoms with Gasteiger partial charge >= 0.3 is 5.97 Å². The number of piperidine rings is 1. The number of rotatable bonds is 6. The number of hydrogen-bond acceptors (Lipinski definition) is 7. The molecule has 2 aromatic rings. The van der Waals surface area contributed by atoms with Crippen LogP contribution in [0.15, 0.2) is 33.7 Å². The van der Waals surface area contributed by atoms with Crippen molar-refractivity contribution in [2.24, 2.45) is 0 Å². The van der Waals surface area contributed by atoms with Crippen LogP contribution in [0.25, 0.3) is 0 Å². The molecule has 2 heterocycles. The van der Waals surface area contributed by atoms with E-state index in [0.717, 1.165) is 19.3 Å². The second kappa shape index (κ2) is 8.75. The molecule has 1 aliphatic rings. The van der Waals surface area contributed by atoms with E-state index in [-0.39, 0.29) is 16.3 Å². The van der Waals surface area contributed by atoms with Gasteiger partial charge in [0, 0.05) is 19.2 Å². The van der Waals surface area contributed by atoms with E-state index in [1.165, 1.54) is 22.5 Å². The third-order valence-corrected chi connectivity index (χ3v) is 6.51. The summed E-state index contributed by atoms with van der Waals surface area (Å²) in [5, 5.41) is 6.06. The number of anilines is 1. The second-order valence-corrected chi connectivity index (χ2v) is 8.83. The first-order valence-corrected chi connectivity index (χ1v) is 10.7. The molecule has 1 aromatic heterocycles. The van der Waals surface area contributed by atoms with Crippen LogP contribution in [-0.2, 0) is 19.6 Å². The first-order chi connectivity index (χ1) is 13.8. The van der Waals surface area contributed by atoms with Crippen LogP contribution < -0.4 is 5.32 Å². The number of nitrogens with one attached hydrogen (secondary N) is 1. The maximum atomic E-state index is 12.8. The molecule has 0 saturated carbocycles. The van der Waals surface area contributed by atoms with Crippen LogP contribution in [0, 0.1) is 13.8 Å². The summed E-state index contributed by atoms with van der Waals surface area (Å²) in [5.41, 5.74) is 0.660. The Morgan fingerprint density at radius 3 is 2.55 bits per heavy atom. The fourth-order valence-electron chi connectivity index (χ4n) is 3.05. The van der Waals surface area contributed by atoms with Crippen molar-refractivity contribution in [3.63, 3.8) is 0 Å². The van der Waals surface area contributed by atoms with Gasteiger partial charge in [0.05, 0.1) is 10.5 Å². The van der Waals surface area contributed by atoms with Gasteiger partial charge < -0.3 is 14.6 Å². The zero-order valence-electron chi connectivity index (χ0n) is 16.3. The molecule has 10 heteroatoms. The summed E-state index contributed by atoms with van der Waals surface area (Å²) in [6.07, 6.45) is 2.65.